The first-order valence-corrected chi connectivity index (χ1v) is 17.3. The zero-order valence-corrected chi connectivity index (χ0v) is 26.8. The van der Waals surface area contributed by atoms with Crippen molar-refractivity contribution in [3.63, 3.8) is 0 Å². The minimum absolute atomic E-state index is 0.188. The van der Waals surface area contributed by atoms with Gasteiger partial charge in [0.05, 0.1) is 11.9 Å². The molecule has 1 heterocycles. The van der Waals surface area contributed by atoms with Gasteiger partial charge in [0.25, 0.3) is 5.91 Å². The number of nitrogens with zero attached hydrogens (tertiary/aromatic N) is 1. The molecule has 0 spiro atoms. The summed E-state index contributed by atoms with van der Waals surface area (Å²) in [5.41, 5.74) is 4.11. The summed E-state index contributed by atoms with van der Waals surface area (Å²) < 4.78 is 28.1. The topological polar surface area (TPSA) is 113 Å². The van der Waals surface area contributed by atoms with Gasteiger partial charge >= 0.3 is 5.97 Å². The molecule has 4 rings (SSSR count). The maximum absolute atomic E-state index is 13.1. The molecule has 42 heavy (non-hydrogen) atoms. The van der Waals surface area contributed by atoms with E-state index in [2.05, 4.69) is 10.2 Å². The molecule has 1 amide bonds. The van der Waals surface area contributed by atoms with Gasteiger partial charge in [-0.15, -0.1) is 0 Å². The van der Waals surface area contributed by atoms with Crippen molar-refractivity contribution in [2.24, 2.45) is 0 Å². The van der Waals surface area contributed by atoms with Crippen LogP contribution in [0.2, 0.25) is 0 Å². The summed E-state index contributed by atoms with van der Waals surface area (Å²) in [5.74, 6) is -2.11. The molecular formula is C33H50N2O6S. The van der Waals surface area contributed by atoms with Gasteiger partial charge in [0.1, 0.15) is 15.9 Å². The lowest BCUT2D eigenvalue weighted by atomic mass is 9.93. The molecule has 1 saturated carbocycles. The molecule has 2 N–H and O–H groups in total. The number of benzene rings is 2. The van der Waals surface area contributed by atoms with Gasteiger partial charge in [0.15, 0.2) is 0 Å². The summed E-state index contributed by atoms with van der Waals surface area (Å²) in [6, 6.07) is 12.1. The van der Waals surface area contributed by atoms with Gasteiger partial charge < -0.3 is 15.2 Å². The van der Waals surface area contributed by atoms with Crippen LogP contribution in [0, 0.1) is 6.92 Å². The number of aryl methyl sites for hydroxylation is 1. The van der Waals surface area contributed by atoms with Gasteiger partial charge in [-0.3, -0.25) is 9.69 Å². The van der Waals surface area contributed by atoms with Crippen LogP contribution in [0.5, 0.6) is 0 Å². The Labute approximate surface area is 252 Å². The van der Waals surface area contributed by atoms with Crippen molar-refractivity contribution in [1.82, 2.24) is 10.2 Å². The fourth-order valence-electron chi connectivity index (χ4n) is 5.31. The van der Waals surface area contributed by atoms with Crippen LogP contribution in [0.25, 0.3) is 11.1 Å². The third kappa shape index (κ3) is 11.9. The number of hydrogen-bond acceptors (Lipinski definition) is 6. The second-order valence-electron chi connectivity index (χ2n) is 11.0. The largest absolute Gasteiger partial charge is 0.480 e. The van der Waals surface area contributed by atoms with E-state index in [0.29, 0.717) is 11.7 Å². The van der Waals surface area contributed by atoms with E-state index in [9.17, 15) is 23.1 Å². The van der Waals surface area contributed by atoms with E-state index in [1.165, 1.54) is 44.9 Å². The number of methoxy groups -OCH3 is 1. The number of carbonyl (C=O) groups excluding carboxylic acids is 1. The Bertz CT molecular complexity index is 1230. The highest BCUT2D eigenvalue weighted by Crippen LogP contribution is 2.29. The molecule has 1 unspecified atom stereocenters. The number of carbonyl (C=O) groups is 2. The van der Waals surface area contributed by atoms with Gasteiger partial charge in [-0.05, 0) is 86.5 Å². The average molecular weight is 603 g/mol. The molecule has 234 valence electrons. The number of rotatable bonds is 10. The Morgan fingerprint density at radius 1 is 1.00 bits per heavy atom. The highest BCUT2D eigenvalue weighted by molar-refractivity contribution is 7.90. The first-order valence-electron chi connectivity index (χ1n) is 15.2. The number of hydrogen-bond donors (Lipinski definition) is 2. The molecule has 1 aliphatic heterocycles. The van der Waals surface area contributed by atoms with Gasteiger partial charge in [-0.2, -0.15) is 0 Å². The van der Waals surface area contributed by atoms with E-state index in [0.717, 1.165) is 48.1 Å². The number of nitrogens with one attached hydrogen (secondary N) is 1. The number of amides is 1. The second-order valence-corrected chi connectivity index (χ2v) is 13.2. The number of likely N-dealkylation sites (tertiary alicyclic amines) is 1. The molecule has 2 aliphatic rings. The number of carboxylic acid groups (broad SMARTS) is 1. The van der Waals surface area contributed by atoms with Crippen molar-refractivity contribution in [3.05, 3.63) is 59.2 Å². The molecule has 0 aromatic heterocycles. The van der Waals surface area contributed by atoms with E-state index in [1.54, 1.807) is 6.07 Å². The van der Waals surface area contributed by atoms with E-state index < -0.39 is 27.8 Å². The molecule has 0 bridgehead atoms. The van der Waals surface area contributed by atoms with Crippen LogP contribution in [0.1, 0.15) is 86.7 Å². The third-order valence-corrected chi connectivity index (χ3v) is 8.61. The Kier molecular flexibility index (Phi) is 15.2. The molecule has 1 saturated heterocycles. The molecule has 2 fully saturated rings. The fraction of sp³-hybridized carbons (Fsp3) is 0.576. The number of carboxylic acids is 1. The predicted octanol–water partition coefficient (Wildman–Crippen LogP) is 5.87. The maximum atomic E-state index is 13.1. The van der Waals surface area contributed by atoms with Gasteiger partial charge in [0, 0.05) is 25.5 Å². The van der Waals surface area contributed by atoms with Gasteiger partial charge in [-0.1, -0.05) is 63.4 Å². The van der Waals surface area contributed by atoms with Crippen molar-refractivity contribution in [2.45, 2.75) is 90.8 Å². The van der Waals surface area contributed by atoms with Crippen molar-refractivity contribution >= 4 is 21.7 Å². The van der Waals surface area contributed by atoms with Gasteiger partial charge in [-0.25, -0.2) is 13.2 Å². The van der Waals surface area contributed by atoms with E-state index >= 15 is 0 Å². The standard InChI is InChI=1S/C24H30N2O5S.C7H14O.C2H6/c1-17-7-3-4-8-19(17)21-15-18(16-26-12-5-6-13-26)9-10-20(21)23(27)25-22(24(28)29)11-14-32(2,30)31;1-8-7-5-3-2-4-6-7;1-2/h3-4,7-10,15,22H,5-6,11-14,16H2,1-2H3,(H,25,27)(H,28,29);7H,2-6H2,1H3;1-2H3. The summed E-state index contributed by atoms with van der Waals surface area (Å²) in [5, 5.41) is 12.0. The van der Waals surface area contributed by atoms with E-state index in [4.69, 9.17) is 4.74 Å². The molecule has 1 atom stereocenters. The molecule has 0 radical (unpaired) electrons. The lowest BCUT2D eigenvalue weighted by Crippen LogP contribution is -2.42. The van der Waals surface area contributed by atoms with Crippen molar-refractivity contribution in [1.29, 1.82) is 0 Å². The van der Waals surface area contributed by atoms with Crippen LogP contribution in [-0.2, 0) is 25.9 Å². The molecule has 8 nitrogen and oxygen atoms in total. The van der Waals surface area contributed by atoms with Crippen LogP contribution in [0.3, 0.4) is 0 Å². The first kappa shape index (κ1) is 35.4. The molecular weight excluding hydrogens is 552 g/mol. The average Bonchev–Trinajstić information content (AvgIpc) is 3.49. The number of ether oxygens (including phenoxy) is 1. The van der Waals surface area contributed by atoms with Crippen LogP contribution in [-0.4, -0.2) is 74.7 Å². The SMILES string of the molecule is CC.COC1CCCCC1.Cc1ccccc1-c1cc(CN2CCCC2)ccc1C(=O)NC(CCS(C)(=O)=O)C(=O)O. The zero-order valence-electron chi connectivity index (χ0n) is 26.0. The van der Waals surface area contributed by atoms with Crippen molar-refractivity contribution < 1.29 is 27.9 Å². The summed E-state index contributed by atoms with van der Waals surface area (Å²) in [7, 11) is -1.53. The Hall–Kier alpha value is -2.75. The number of sulfone groups is 1. The lowest BCUT2D eigenvalue weighted by Gasteiger charge is -2.19. The smallest absolute Gasteiger partial charge is 0.326 e. The second kappa shape index (κ2) is 18.0. The van der Waals surface area contributed by atoms with E-state index in [-0.39, 0.29) is 12.2 Å². The Balaban J connectivity index is 0.000000525. The highest BCUT2D eigenvalue weighted by Gasteiger charge is 2.24. The first-order chi connectivity index (χ1) is 20.1. The highest BCUT2D eigenvalue weighted by atomic mass is 32.2. The van der Waals surface area contributed by atoms with Crippen LogP contribution >= 0.6 is 0 Å². The fourth-order valence-corrected chi connectivity index (χ4v) is 5.97. The minimum Gasteiger partial charge on any atom is -0.480 e. The third-order valence-electron chi connectivity index (χ3n) is 7.63. The molecule has 1 aliphatic carbocycles. The number of aliphatic carboxylic acids is 1. The molecule has 2 aromatic rings. The van der Waals surface area contributed by atoms with Crippen molar-refractivity contribution in [3.8, 4) is 11.1 Å². The van der Waals surface area contributed by atoms with Crippen LogP contribution in [0.15, 0.2) is 42.5 Å². The van der Waals surface area contributed by atoms with Crippen LogP contribution < -0.4 is 5.32 Å². The minimum atomic E-state index is -3.35. The normalized spacial score (nSPS) is 16.4. The summed E-state index contributed by atoms with van der Waals surface area (Å²) >= 11 is 0. The summed E-state index contributed by atoms with van der Waals surface area (Å²) in [4.78, 5) is 27.1. The Morgan fingerprint density at radius 3 is 2.19 bits per heavy atom. The molecule has 9 heteroatoms. The zero-order chi connectivity index (χ0) is 31.1. The summed E-state index contributed by atoms with van der Waals surface area (Å²) in [6.07, 6.45) is 10.6. The quantitative estimate of drug-likeness (QED) is 0.350. The van der Waals surface area contributed by atoms with E-state index in [1.807, 2.05) is 64.3 Å². The summed E-state index contributed by atoms with van der Waals surface area (Å²) in [6.45, 7) is 8.88. The monoisotopic (exact) mass is 602 g/mol. The Morgan fingerprint density at radius 2 is 1.64 bits per heavy atom. The van der Waals surface area contributed by atoms with Gasteiger partial charge in [0.2, 0.25) is 0 Å². The van der Waals surface area contributed by atoms with Crippen LogP contribution in [0.4, 0.5) is 0 Å². The van der Waals surface area contributed by atoms with Crippen molar-refractivity contribution in [2.75, 3.05) is 32.2 Å². The maximum Gasteiger partial charge on any atom is 0.326 e. The molecule has 2 aromatic carbocycles. The predicted molar refractivity (Wildman–Crippen MR) is 170 cm³/mol. The lowest BCUT2D eigenvalue weighted by molar-refractivity contribution is -0.139.